The fraction of sp³-hybridized carbons (Fsp3) is 0.600. The number of hydrogen-bond acceptors (Lipinski definition) is 5. The Bertz CT molecular complexity index is 655. The molecule has 9 heteroatoms. The molecule has 29 heavy (non-hydrogen) atoms. The molecule has 2 heterocycles. The number of hydrogen-bond donors (Lipinski definition) is 2. The molecule has 0 spiro atoms. The minimum Gasteiger partial charge on any atom is -0.488 e. The van der Waals surface area contributed by atoms with E-state index in [0.29, 0.717) is 12.5 Å². The van der Waals surface area contributed by atoms with Crippen LogP contribution in [-0.4, -0.2) is 94.3 Å². The molecule has 1 atom stereocenters. The highest BCUT2D eigenvalue weighted by Crippen LogP contribution is 2.27. The van der Waals surface area contributed by atoms with Crippen molar-refractivity contribution in [3.05, 3.63) is 29.8 Å². The summed E-state index contributed by atoms with van der Waals surface area (Å²) in [6.07, 6.45) is 0.939. The largest absolute Gasteiger partial charge is 0.488 e. The summed E-state index contributed by atoms with van der Waals surface area (Å²) in [5.41, 5.74) is 1.23. The summed E-state index contributed by atoms with van der Waals surface area (Å²) < 4.78 is 11.4. The Hall–Kier alpha value is -1.59. The zero-order chi connectivity index (χ0) is 19.8. The van der Waals surface area contributed by atoms with E-state index < -0.39 is 0 Å². The first-order chi connectivity index (χ1) is 13.6. The van der Waals surface area contributed by atoms with Gasteiger partial charge in [0.15, 0.2) is 5.96 Å². The zero-order valence-electron chi connectivity index (χ0n) is 17.2. The summed E-state index contributed by atoms with van der Waals surface area (Å²) in [6, 6.07) is 8.12. The lowest BCUT2D eigenvalue weighted by molar-refractivity contribution is -0.127. The first-order valence-corrected chi connectivity index (χ1v) is 9.89. The lowest BCUT2D eigenvalue weighted by Crippen LogP contribution is -2.46. The Balaban J connectivity index is 0.00000300. The van der Waals surface area contributed by atoms with E-state index in [4.69, 9.17) is 9.47 Å². The maximum Gasteiger partial charge on any atom is 0.243 e. The average molecular weight is 517 g/mol. The average Bonchev–Trinajstić information content (AvgIpc) is 3.13. The third-order valence-electron chi connectivity index (χ3n) is 4.91. The second-order valence-corrected chi connectivity index (χ2v) is 7.27. The number of carbonyl (C=O) groups excluding carboxylic acids is 1. The molecule has 1 saturated heterocycles. The van der Waals surface area contributed by atoms with E-state index >= 15 is 0 Å². The summed E-state index contributed by atoms with van der Waals surface area (Å²) in [5, 5.41) is 6.67. The van der Waals surface area contributed by atoms with Crippen LogP contribution in [0.1, 0.15) is 5.56 Å². The minimum atomic E-state index is -0.0289. The van der Waals surface area contributed by atoms with Crippen molar-refractivity contribution in [2.24, 2.45) is 4.99 Å². The van der Waals surface area contributed by atoms with E-state index in [-0.39, 0.29) is 42.5 Å². The van der Waals surface area contributed by atoms with Crippen molar-refractivity contribution < 1.29 is 14.3 Å². The van der Waals surface area contributed by atoms with Crippen LogP contribution in [0, 0.1) is 0 Å². The quantitative estimate of drug-likeness (QED) is 0.313. The Morgan fingerprint density at radius 1 is 1.24 bits per heavy atom. The second kappa shape index (κ2) is 12.2. The van der Waals surface area contributed by atoms with Crippen molar-refractivity contribution in [1.29, 1.82) is 0 Å². The van der Waals surface area contributed by atoms with Gasteiger partial charge in [0.05, 0.1) is 19.8 Å². The Morgan fingerprint density at radius 2 is 2.00 bits per heavy atom. The number of fused-ring (bicyclic) bond motifs is 1. The first kappa shape index (κ1) is 23.7. The summed E-state index contributed by atoms with van der Waals surface area (Å²) in [7, 11) is 3.47. The van der Waals surface area contributed by atoms with Crippen LogP contribution in [0.15, 0.2) is 29.3 Å². The number of aliphatic imine (C=N–C) groups is 1. The third kappa shape index (κ3) is 7.63. The fourth-order valence-electron chi connectivity index (χ4n) is 3.20. The number of guanidine groups is 1. The van der Waals surface area contributed by atoms with Gasteiger partial charge >= 0.3 is 0 Å². The fourth-order valence-corrected chi connectivity index (χ4v) is 3.20. The zero-order valence-corrected chi connectivity index (χ0v) is 19.6. The summed E-state index contributed by atoms with van der Waals surface area (Å²) in [4.78, 5) is 20.2. The van der Waals surface area contributed by atoms with Gasteiger partial charge in [0.1, 0.15) is 18.4 Å². The molecule has 2 aliphatic heterocycles. The van der Waals surface area contributed by atoms with E-state index in [1.807, 2.05) is 18.2 Å². The number of ether oxygens (including phenoxy) is 2. The third-order valence-corrected chi connectivity index (χ3v) is 4.91. The van der Waals surface area contributed by atoms with Gasteiger partial charge in [-0.1, -0.05) is 18.2 Å². The number of morpholine rings is 1. The molecule has 0 bridgehead atoms. The molecule has 0 radical (unpaired) electrons. The smallest absolute Gasteiger partial charge is 0.243 e. The van der Waals surface area contributed by atoms with E-state index in [0.717, 1.165) is 51.6 Å². The number of likely N-dealkylation sites (N-methyl/N-ethyl adjacent to an activating group) is 1. The van der Waals surface area contributed by atoms with Crippen molar-refractivity contribution in [2.75, 3.05) is 66.6 Å². The van der Waals surface area contributed by atoms with Gasteiger partial charge in [0.25, 0.3) is 0 Å². The number of carbonyl (C=O) groups is 1. The minimum absolute atomic E-state index is 0. The second-order valence-electron chi connectivity index (χ2n) is 7.27. The summed E-state index contributed by atoms with van der Waals surface area (Å²) in [6.45, 7) is 5.90. The van der Waals surface area contributed by atoms with Crippen LogP contribution in [0.4, 0.5) is 0 Å². The van der Waals surface area contributed by atoms with Crippen LogP contribution in [0.3, 0.4) is 0 Å². The van der Waals surface area contributed by atoms with Crippen LogP contribution < -0.4 is 15.4 Å². The van der Waals surface area contributed by atoms with Crippen LogP contribution >= 0.6 is 24.0 Å². The summed E-state index contributed by atoms with van der Waals surface area (Å²) >= 11 is 0. The van der Waals surface area contributed by atoms with Gasteiger partial charge in [0, 0.05) is 46.7 Å². The van der Waals surface area contributed by atoms with Crippen LogP contribution in [0.5, 0.6) is 5.75 Å². The molecule has 8 nitrogen and oxygen atoms in total. The van der Waals surface area contributed by atoms with Crippen LogP contribution in [-0.2, 0) is 16.0 Å². The van der Waals surface area contributed by atoms with Gasteiger partial charge < -0.3 is 25.0 Å². The SMILES string of the molecule is CN(C)C(=O)CN=C(NCCN1CCOCC1)NCC1Cc2ccccc2O1.I. The lowest BCUT2D eigenvalue weighted by Gasteiger charge is -2.27. The number of benzene rings is 1. The molecule has 1 aromatic carbocycles. The molecule has 0 saturated carbocycles. The monoisotopic (exact) mass is 517 g/mol. The normalized spacial score (nSPS) is 19.0. The molecule has 1 aromatic rings. The van der Waals surface area contributed by atoms with Crippen molar-refractivity contribution in [3.63, 3.8) is 0 Å². The molecular weight excluding hydrogens is 485 g/mol. The van der Waals surface area contributed by atoms with Crippen molar-refractivity contribution >= 4 is 35.8 Å². The Labute approximate surface area is 190 Å². The highest BCUT2D eigenvalue weighted by molar-refractivity contribution is 14.0. The standard InChI is InChI=1S/C20H31N5O3.HI/c1-24(2)19(26)15-23-20(21-7-8-25-9-11-27-12-10-25)22-14-17-13-16-5-3-4-6-18(16)28-17;/h3-6,17H,7-15H2,1-2H3,(H2,21,22,23);1H. The van der Waals surface area contributed by atoms with Gasteiger partial charge in [-0.25, -0.2) is 4.99 Å². The molecule has 0 aliphatic carbocycles. The summed E-state index contributed by atoms with van der Waals surface area (Å²) in [5.74, 6) is 1.57. The van der Waals surface area contributed by atoms with E-state index in [9.17, 15) is 4.79 Å². The molecular formula is C20H32IN5O3. The molecule has 1 fully saturated rings. The molecule has 2 aliphatic rings. The van der Waals surface area contributed by atoms with Crippen molar-refractivity contribution in [3.8, 4) is 5.75 Å². The molecule has 1 unspecified atom stereocenters. The first-order valence-electron chi connectivity index (χ1n) is 9.89. The molecule has 162 valence electrons. The van der Waals surface area contributed by atoms with Crippen molar-refractivity contribution in [2.45, 2.75) is 12.5 Å². The maximum absolute atomic E-state index is 11.9. The lowest BCUT2D eigenvalue weighted by atomic mass is 10.1. The number of nitrogens with zero attached hydrogens (tertiary/aromatic N) is 3. The predicted molar refractivity (Wildman–Crippen MR) is 124 cm³/mol. The van der Waals surface area contributed by atoms with Crippen molar-refractivity contribution in [1.82, 2.24) is 20.4 Å². The van der Waals surface area contributed by atoms with Gasteiger partial charge in [-0.3, -0.25) is 9.69 Å². The van der Waals surface area contributed by atoms with E-state index in [1.54, 1.807) is 19.0 Å². The van der Waals surface area contributed by atoms with Crippen LogP contribution in [0.25, 0.3) is 0 Å². The number of amides is 1. The topological polar surface area (TPSA) is 78.4 Å². The number of rotatable bonds is 7. The highest BCUT2D eigenvalue weighted by Gasteiger charge is 2.22. The maximum atomic E-state index is 11.9. The van der Waals surface area contributed by atoms with Gasteiger partial charge in [0.2, 0.25) is 5.91 Å². The predicted octanol–water partition coefficient (Wildman–Crippen LogP) is 0.564. The number of halogens is 1. The molecule has 1 amide bonds. The Kier molecular flexibility index (Phi) is 9.95. The number of para-hydroxylation sites is 1. The number of nitrogens with one attached hydrogen (secondary N) is 2. The van der Waals surface area contributed by atoms with Gasteiger partial charge in [-0.05, 0) is 11.6 Å². The van der Waals surface area contributed by atoms with E-state index in [1.165, 1.54) is 5.56 Å². The Morgan fingerprint density at radius 3 is 2.72 bits per heavy atom. The molecule has 0 aromatic heterocycles. The van der Waals surface area contributed by atoms with Gasteiger partial charge in [-0.15, -0.1) is 24.0 Å². The van der Waals surface area contributed by atoms with E-state index in [2.05, 4.69) is 26.6 Å². The highest BCUT2D eigenvalue weighted by atomic mass is 127. The molecule has 2 N–H and O–H groups in total. The molecule has 3 rings (SSSR count). The van der Waals surface area contributed by atoms with Crippen LogP contribution in [0.2, 0.25) is 0 Å². The van der Waals surface area contributed by atoms with Gasteiger partial charge in [-0.2, -0.15) is 0 Å².